The summed E-state index contributed by atoms with van der Waals surface area (Å²) in [5.41, 5.74) is 23.1. The number of carbonyl (C=O) groups is 5. The number of carbonyl (C=O) groups excluding carboxylic acids is 5. The SMILES string of the molecule is NC(N)=NCCC[C@@H]1NC(=O)[C@@H](Cc2ccc(O)cc2)NC(=O)[C@@H](Cc2ccc3ccccc3c2)NC(=O)CNC(=O)[C@@H](CCCN=C(N)N)NC1=O. The normalized spacial score (nSPS) is 20.0. The van der Waals surface area contributed by atoms with Crippen LogP contribution in [0.2, 0.25) is 0 Å². The lowest BCUT2D eigenvalue weighted by atomic mass is 9.99. The van der Waals surface area contributed by atoms with Gasteiger partial charge in [-0.3, -0.25) is 34.0 Å². The Balaban J connectivity index is 1.69. The Labute approximate surface area is 306 Å². The van der Waals surface area contributed by atoms with Crippen molar-refractivity contribution in [2.75, 3.05) is 19.6 Å². The molecular weight excluding hydrogens is 682 g/mol. The van der Waals surface area contributed by atoms with E-state index in [2.05, 4.69) is 36.6 Å². The van der Waals surface area contributed by atoms with E-state index < -0.39 is 60.2 Å². The zero-order chi connectivity index (χ0) is 38.3. The Morgan fingerprint density at radius 3 is 1.70 bits per heavy atom. The fourth-order valence-electron chi connectivity index (χ4n) is 5.79. The van der Waals surface area contributed by atoms with Crippen LogP contribution in [0.15, 0.2) is 76.7 Å². The molecule has 0 radical (unpaired) electrons. The van der Waals surface area contributed by atoms with Crippen molar-refractivity contribution in [3.8, 4) is 5.75 Å². The van der Waals surface area contributed by atoms with Gasteiger partial charge in [-0.1, -0.05) is 54.6 Å². The van der Waals surface area contributed by atoms with E-state index in [0.29, 0.717) is 12.0 Å². The fraction of sp³-hybridized carbons (Fsp3) is 0.361. The molecule has 282 valence electrons. The van der Waals surface area contributed by atoms with Crippen LogP contribution in [0.3, 0.4) is 0 Å². The molecular formula is C36H47N11O6. The molecule has 0 aliphatic carbocycles. The summed E-state index contributed by atoms with van der Waals surface area (Å²) in [4.78, 5) is 76.3. The van der Waals surface area contributed by atoms with Crippen LogP contribution in [-0.2, 0) is 36.8 Å². The van der Waals surface area contributed by atoms with Crippen LogP contribution in [-0.4, -0.2) is 90.4 Å². The molecule has 0 unspecified atom stereocenters. The molecule has 4 rings (SSSR count). The van der Waals surface area contributed by atoms with Gasteiger partial charge in [0.2, 0.25) is 29.5 Å². The summed E-state index contributed by atoms with van der Waals surface area (Å²) >= 11 is 0. The van der Waals surface area contributed by atoms with E-state index in [9.17, 15) is 29.1 Å². The summed E-state index contributed by atoms with van der Waals surface area (Å²) in [5, 5.41) is 25.2. The first-order valence-electron chi connectivity index (χ1n) is 17.2. The minimum absolute atomic E-state index is 0.0102. The van der Waals surface area contributed by atoms with Crippen LogP contribution < -0.4 is 49.5 Å². The van der Waals surface area contributed by atoms with Gasteiger partial charge in [-0.15, -0.1) is 0 Å². The van der Waals surface area contributed by atoms with Crippen LogP contribution in [0.25, 0.3) is 10.8 Å². The molecule has 5 amide bonds. The summed E-state index contributed by atoms with van der Waals surface area (Å²) in [6, 6.07) is 14.7. The molecule has 1 aliphatic rings. The quantitative estimate of drug-likeness (QED) is 0.0585. The summed E-state index contributed by atoms with van der Waals surface area (Å²) in [5.74, 6) is -3.66. The van der Waals surface area contributed by atoms with Crippen LogP contribution >= 0.6 is 0 Å². The second-order valence-electron chi connectivity index (χ2n) is 12.7. The number of aliphatic imine (C=N–C) groups is 2. The standard InChI is InChI=1S/C36H47N11O6/c37-35(38)41-15-3-7-26-31(50)43-20-30(49)44-28(19-22-9-12-23-5-1-2-6-24(23)17-22)33(52)47-29(18-21-10-13-25(48)14-11-21)34(53)46-27(32(51)45-26)8-4-16-42-36(39)40/h1-2,5-6,9-14,17,26-29,48H,3-4,7-8,15-16,18-20H2,(H,43,50)(H,44,49)(H,45,51)(H,46,53)(H,47,52)(H4,37,38,41)(H4,39,40,42)/t26-,27+,28-,29-/m1/s1. The van der Waals surface area contributed by atoms with E-state index in [1.807, 2.05) is 42.5 Å². The molecule has 0 spiro atoms. The second-order valence-corrected chi connectivity index (χ2v) is 12.7. The van der Waals surface area contributed by atoms with Crippen molar-refractivity contribution in [3.63, 3.8) is 0 Å². The van der Waals surface area contributed by atoms with Crippen molar-refractivity contribution in [2.24, 2.45) is 32.9 Å². The summed E-state index contributed by atoms with van der Waals surface area (Å²) in [6.45, 7) is -0.177. The molecule has 53 heavy (non-hydrogen) atoms. The third-order valence-corrected chi connectivity index (χ3v) is 8.49. The number of fused-ring (bicyclic) bond motifs is 1. The van der Waals surface area contributed by atoms with E-state index in [1.54, 1.807) is 12.1 Å². The molecule has 3 aromatic rings. The van der Waals surface area contributed by atoms with Crippen molar-refractivity contribution < 1.29 is 29.1 Å². The number of hydrogen-bond donors (Lipinski definition) is 10. The van der Waals surface area contributed by atoms with E-state index in [0.717, 1.165) is 16.3 Å². The summed E-state index contributed by atoms with van der Waals surface area (Å²) < 4.78 is 0. The van der Waals surface area contributed by atoms with Gasteiger partial charge >= 0.3 is 0 Å². The number of phenolic OH excluding ortho intramolecular Hbond substituents is 1. The topological polar surface area (TPSA) is 295 Å². The van der Waals surface area contributed by atoms with E-state index in [4.69, 9.17) is 22.9 Å². The van der Waals surface area contributed by atoms with E-state index in [1.165, 1.54) is 12.1 Å². The predicted octanol–water partition coefficient (Wildman–Crippen LogP) is -1.49. The zero-order valence-electron chi connectivity index (χ0n) is 29.2. The van der Waals surface area contributed by atoms with Crippen molar-refractivity contribution in [2.45, 2.75) is 62.7 Å². The Morgan fingerprint density at radius 1 is 0.604 bits per heavy atom. The highest BCUT2D eigenvalue weighted by Gasteiger charge is 2.32. The third kappa shape index (κ3) is 12.7. The molecule has 14 N–H and O–H groups in total. The molecule has 3 aromatic carbocycles. The van der Waals surface area contributed by atoms with Gasteiger partial charge in [0.1, 0.15) is 29.9 Å². The number of nitrogens with two attached hydrogens (primary N) is 4. The van der Waals surface area contributed by atoms with Gasteiger partial charge < -0.3 is 54.6 Å². The second kappa shape index (κ2) is 19.3. The van der Waals surface area contributed by atoms with Gasteiger partial charge in [-0.2, -0.15) is 0 Å². The number of aromatic hydroxyl groups is 1. The zero-order valence-corrected chi connectivity index (χ0v) is 29.2. The summed E-state index contributed by atoms with van der Waals surface area (Å²) in [7, 11) is 0. The van der Waals surface area contributed by atoms with Gasteiger partial charge in [-0.05, 0) is 59.7 Å². The first-order valence-corrected chi connectivity index (χ1v) is 17.2. The van der Waals surface area contributed by atoms with Gasteiger partial charge in [-0.25, -0.2) is 0 Å². The minimum atomic E-state index is -1.23. The number of rotatable bonds is 12. The molecule has 1 fully saturated rings. The largest absolute Gasteiger partial charge is 0.508 e. The molecule has 1 heterocycles. The monoisotopic (exact) mass is 729 g/mol. The Kier molecular flexibility index (Phi) is 14.3. The van der Waals surface area contributed by atoms with Gasteiger partial charge in [0, 0.05) is 25.9 Å². The molecule has 0 aromatic heterocycles. The van der Waals surface area contributed by atoms with Crippen molar-refractivity contribution in [1.82, 2.24) is 26.6 Å². The number of nitrogens with one attached hydrogen (secondary N) is 5. The van der Waals surface area contributed by atoms with E-state index in [-0.39, 0.29) is 62.9 Å². The third-order valence-electron chi connectivity index (χ3n) is 8.49. The van der Waals surface area contributed by atoms with Gasteiger partial charge in [0.15, 0.2) is 11.9 Å². The lowest BCUT2D eigenvalue weighted by Crippen LogP contribution is -2.58. The number of hydrogen-bond acceptors (Lipinski definition) is 8. The van der Waals surface area contributed by atoms with Gasteiger partial charge in [0.05, 0.1) is 6.54 Å². The van der Waals surface area contributed by atoms with Crippen molar-refractivity contribution >= 4 is 52.2 Å². The maximum Gasteiger partial charge on any atom is 0.243 e. The Bertz CT molecular complexity index is 1820. The van der Waals surface area contributed by atoms with Crippen molar-refractivity contribution in [1.29, 1.82) is 0 Å². The smallest absolute Gasteiger partial charge is 0.243 e. The number of benzene rings is 3. The number of phenols is 1. The van der Waals surface area contributed by atoms with Crippen molar-refractivity contribution in [3.05, 3.63) is 77.9 Å². The molecule has 0 bridgehead atoms. The van der Waals surface area contributed by atoms with Crippen LogP contribution in [0.5, 0.6) is 5.75 Å². The molecule has 1 saturated heterocycles. The molecule has 17 nitrogen and oxygen atoms in total. The minimum Gasteiger partial charge on any atom is -0.508 e. The first-order chi connectivity index (χ1) is 25.4. The highest BCUT2D eigenvalue weighted by molar-refractivity contribution is 5.97. The predicted molar refractivity (Wildman–Crippen MR) is 200 cm³/mol. The van der Waals surface area contributed by atoms with Crippen LogP contribution in [0.1, 0.15) is 36.8 Å². The molecule has 17 heteroatoms. The van der Waals surface area contributed by atoms with E-state index >= 15 is 0 Å². The fourth-order valence-corrected chi connectivity index (χ4v) is 5.79. The highest BCUT2D eigenvalue weighted by atomic mass is 16.3. The Morgan fingerprint density at radius 2 is 1.09 bits per heavy atom. The average molecular weight is 730 g/mol. The maximum absolute atomic E-state index is 14.0. The maximum atomic E-state index is 14.0. The lowest BCUT2D eigenvalue weighted by Gasteiger charge is -2.26. The molecule has 4 atom stereocenters. The average Bonchev–Trinajstić information content (AvgIpc) is 3.12. The first kappa shape index (κ1) is 39.4. The lowest BCUT2D eigenvalue weighted by molar-refractivity contribution is -0.134. The van der Waals surface area contributed by atoms with Crippen LogP contribution in [0.4, 0.5) is 0 Å². The summed E-state index contributed by atoms with van der Waals surface area (Å²) in [6.07, 6.45) is 0.777. The Hall–Kier alpha value is -6.39. The number of guanidine groups is 2. The van der Waals surface area contributed by atoms with Crippen LogP contribution in [0, 0.1) is 0 Å². The highest BCUT2D eigenvalue weighted by Crippen LogP contribution is 2.18. The molecule has 0 saturated carbocycles. The number of amides is 5. The number of nitrogens with zero attached hydrogens (tertiary/aromatic N) is 2. The molecule has 1 aliphatic heterocycles. The van der Waals surface area contributed by atoms with Gasteiger partial charge in [0.25, 0.3) is 0 Å².